The van der Waals surface area contributed by atoms with Gasteiger partial charge in [-0.05, 0) is 37.6 Å². The van der Waals surface area contributed by atoms with Crippen molar-refractivity contribution in [2.75, 3.05) is 0 Å². The Morgan fingerprint density at radius 1 is 1.57 bits per heavy atom. The number of hydrogen-bond acceptors (Lipinski definition) is 5. The number of nitrogens with one attached hydrogen (secondary N) is 1. The highest BCUT2D eigenvalue weighted by molar-refractivity contribution is 8.00. The first kappa shape index (κ1) is 15.7. The van der Waals surface area contributed by atoms with Gasteiger partial charge in [0.25, 0.3) is 0 Å². The molecule has 112 valence electrons. The van der Waals surface area contributed by atoms with Crippen LogP contribution in [0.15, 0.2) is 23.4 Å². The molecule has 6 nitrogen and oxygen atoms in total. The molecule has 1 aromatic carbocycles. The number of carbonyl (C=O) groups is 1. The summed E-state index contributed by atoms with van der Waals surface area (Å²) in [6, 6.07) is 5.42. The van der Waals surface area contributed by atoms with Crippen molar-refractivity contribution in [3.8, 4) is 5.75 Å². The van der Waals surface area contributed by atoms with E-state index in [2.05, 4.69) is 15.2 Å². The van der Waals surface area contributed by atoms with Gasteiger partial charge in [-0.15, -0.1) is 5.10 Å². The lowest BCUT2D eigenvalue weighted by Crippen LogP contribution is -2.22. The van der Waals surface area contributed by atoms with E-state index in [1.54, 1.807) is 19.1 Å². The van der Waals surface area contributed by atoms with Crippen molar-refractivity contribution in [3.63, 3.8) is 0 Å². The number of nitrogens with two attached hydrogens (primary N) is 1. The van der Waals surface area contributed by atoms with Gasteiger partial charge in [0.1, 0.15) is 12.4 Å². The number of thioether (sulfide) groups is 1. The summed E-state index contributed by atoms with van der Waals surface area (Å²) < 4.78 is 5.60. The Labute approximate surface area is 131 Å². The number of ether oxygens (including phenoxy) is 1. The maximum atomic E-state index is 11.0. The molecule has 0 aliphatic rings. The van der Waals surface area contributed by atoms with Gasteiger partial charge in [-0.3, -0.25) is 9.89 Å². The summed E-state index contributed by atoms with van der Waals surface area (Å²) >= 11 is 7.15. The van der Waals surface area contributed by atoms with Gasteiger partial charge in [0.15, 0.2) is 5.82 Å². The quantitative estimate of drug-likeness (QED) is 0.794. The van der Waals surface area contributed by atoms with Gasteiger partial charge in [0, 0.05) is 5.02 Å². The fourth-order valence-electron chi connectivity index (χ4n) is 1.47. The largest absolute Gasteiger partial charge is 0.486 e. The maximum Gasteiger partial charge on any atom is 0.230 e. The minimum atomic E-state index is -0.403. The Bertz CT molecular complexity index is 647. The number of aromatic amines is 1. The molecule has 1 amide bonds. The first-order chi connectivity index (χ1) is 9.95. The number of primary amides is 1. The molecule has 8 heteroatoms. The van der Waals surface area contributed by atoms with Gasteiger partial charge < -0.3 is 10.5 Å². The molecule has 0 radical (unpaired) electrons. The van der Waals surface area contributed by atoms with Crippen molar-refractivity contribution in [2.24, 2.45) is 5.73 Å². The third-order valence-corrected chi connectivity index (χ3v) is 4.10. The van der Waals surface area contributed by atoms with Crippen molar-refractivity contribution in [1.29, 1.82) is 0 Å². The number of halogens is 1. The molecule has 1 atom stereocenters. The lowest BCUT2D eigenvalue weighted by molar-refractivity contribution is -0.117. The van der Waals surface area contributed by atoms with Crippen molar-refractivity contribution >= 4 is 29.3 Å². The third-order valence-electron chi connectivity index (χ3n) is 2.70. The van der Waals surface area contributed by atoms with E-state index in [4.69, 9.17) is 22.1 Å². The zero-order valence-corrected chi connectivity index (χ0v) is 13.2. The van der Waals surface area contributed by atoms with Crippen LogP contribution < -0.4 is 10.5 Å². The number of carbonyl (C=O) groups excluding carboxylic acids is 1. The van der Waals surface area contributed by atoms with E-state index in [-0.39, 0.29) is 11.9 Å². The second kappa shape index (κ2) is 6.82. The number of H-pyrrole nitrogens is 1. The fourth-order valence-corrected chi connectivity index (χ4v) is 2.28. The SMILES string of the molecule is Cc1cc(OCc2nc(S[C@H](C)C(N)=O)n[nH]2)ccc1Cl. The van der Waals surface area contributed by atoms with Gasteiger partial charge in [-0.1, -0.05) is 23.4 Å². The Kier molecular flexibility index (Phi) is 5.08. The van der Waals surface area contributed by atoms with E-state index in [9.17, 15) is 4.79 Å². The molecule has 3 N–H and O–H groups in total. The molecule has 1 aromatic heterocycles. The summed E-state index contributed by atoms with van der Waals surface area (Å²) in [6.45, 7) is 3.86. The summed E-state index contributed by atoms with van der Waals surface area (Å²) in [5.74, 6) is 0.869. The lowest BCUT2D eigenvalue weighted by atomic mass is 10.2. The van der Waals surface area contributed by atoms with Crippen LogP contribution in [-0.2, 0) is 11.4 Å². The van der Waals surface area contributed by atoms with E-state index in [0.717, 1.165) is 5.56 Å². The van der Waals surface area contributed by atoms with Gasteiger partial charge in [-0.25, -0.2) is 4.98 Å². The van der Waals surface area contributed by atoms with Crippen LogP contribution in [0.1, 0.15) is 18.3 Å². The number of nitrogens with zero attached hydrogens (tertiary/aromatic N) is 2. The molecule has 0 fully saturated rings. The van der Waals surface area contributed by atoms with Crippen molar-refractivity contribution in [1.82, 2.24) is 15.2 Å². The van der Waals surface area contributed by atoms with Gasteiger partial charge in [0.2, 0.25) is 11.1 Å². The number of aromatic nitrogens is 3. The molecule has 0 bridgehead atoms. The smallest absolute Gasteiger partial charge is 0.230 e. The van der Waals surface area contributed by atoms with Crippen molar-refractivity contribution in [3.05, 3.63) is 34.6 Å². The number of benzene rings is 1. The van der Waals surface area contributed by atoms with Crippen LogP contribution >= 0.6 is 23.4 Å². The molecule has 2 rings (SSSR count). The van der Waals surface area contributed by atoms with Crippen molar-refractivity contribution in [2.45, 2.75) is 30.9 Å². The minimum absolute atomic E-state index is 0.250. The second-order valence-corrected chi connectivity index (χ2v) is 6.14. The zero-order chi connectivity index (χ0) is 15.4. The van der Waals surface area contributed by atoms with Crippen molar-refractivity contribution < 1.29 is 9.53 Å². The summed E-state index contributed by atoms with van der Waals surface area (Å²) in [4.78, 5) is 15.2. The number of aryl methyl sites for hydroxylation is 1. The van der Waals surface area contributed by atoms with Crippen LogP contribution in [0.25, 0.3) is 0 Å². The Balaban J connectivity index is 1.93. The van der Waals surface area contributed by atoms with E-state index < -0.39 is 5.91 Å². The molecular formula is C13H15ClN4O2S. The normalized spacial score (nSPS) is 12.1. The summed E-state index contributed by atoms with van der Waals surface area (Å²) in [5.41, 5.74) is 6.13. The highest BCUT2D eigenvalue weighted by atomic mass is 35.5. The molecule has 0 saturated heterocycles. The molecule has 0 spiro atoms. The molecule has 0 aliphatic heterocycles. The topological polar surface area (TPSA) is 93.9 Å². The molecule has 0 unspecified atom stereocenters. The third kappa shape index (κ3) is 4.37. The highest BCUT2D eigenvalue weighted by Crippen LogP contribution is 2.22. The lowest BCUT2D eigenvalue weighted by Gasteiger charge is -2.05. The standard InChI is InChI=1S/C13H15ClN4O2S/c1-7-5-9(3-4-10(7)14)20-6-11-16-13(18-17-11)21-8(2)12(15)19/h3-5,8H,6H2,1-2H3,(H2,15,19)(H,16,17,18)/t8-/m1/s1. The van der Waals surface area contributed by atoms with Crippen LogP contribution in [0, 0.1) is 6.92 Å². The summed E-state index contributed by atoms with van der Waals surface area (Å²) in [6.07, 6.45) is 0. The second-order valence-electron chi connectivity index (χ2n) is 4.43. The first-order valence-corrected chi connectivity index (χ1v) is 7.47. The van der Waals surface area contributed by atoms with E-state index in [1.807, 2.05) is 13.0 Å². The Hall–Kier alpha value is -1.73. The molecule has 0 aliphatic carbocycles. The van der Waals surface area contributed by atoms with Crippen LogP contribution in [0.5, 0.6) is 5.75 Å². The van der Waals surface area contributed by atoms with Crippen LogP contribution in [0.3, 0.4) is 0 Å². The van der Waals surface area contributed by atoms with E-state index >= 15 is 0 Å². The molecule has 1 heterocycles. The highest BCUT2D eigenvalue weighted by Gasteiger charge is 2.14. The van der Waals surface area contributed by atoms with Crippen LogP contribution in [0.2, 0.25) is 5.02 Å². The molecular weight excluding hydrogens is 312 g/mol. The maximum absolute atomic E-state index is 11.0. The summed E-state index contributed by atoms with van der Waals surface area (Å²) in [5, 5.41) is 7.54. The molecule has 21 heavy (non-hydrogen) atoms. The van der Waals surface area contributed by atoms with Gasteiger partial charge >= 0.3 is 0 Å². The van der Waals surface area contributed by atoms with Gasteiger partial charge in [0.05, 0.1) is 5.25 Å². The monoisotopic (exact) mass is 326 g/mol. The first-order valence-electron chi connectivity index (χ1n) is 6.22. The number of rotatable bonds is 6. The van der Waals surface area contributed by atoms with E-state index in [0.29, 0.717) is 21.8 Å². The van der Waals surface area contributed by atoms with Crippen LogP contribution in [-0.4, -0.2) is 26.3 Å². The Morgan fingerprint density at radius 3 is 3.00 bits per heavy atom. The summed E-state index contributed by atoms with van der Waals surface area (Å²) in [7, 11) is 0. The average molecular weight is 327 g/mol. The predicted octanol–water partition coefficient (Wildman–Crippen LogP) is 2.31. The number of hydrogen-bond donors (Lipinski definition) is 2. The van der Waals surface area contributed by atoms with Gasteiger partial charge in [-0.2, -0.15) is 0 Å². The average Bonchev–Trinajstić information content (AvgIpc) is 2.87. The Morgan fingerprint density at radius 2 is 2.33 bits per heavy atom. The number of amides is 1. The zero-order valence-electron chi connectivity index (χ0n) is 11.6. The van der Waals surface area contributed by atoms with Crippen LogP contribution in [0.4, 0.5) is 0 Å². The minimum Gasteiger partial charge on any atom is -0.486 e. The molecule has 2 aromatic rings. The fraction of sp³-hybridized carbons (Fsp3) is 0.308. The van der Waals surface area contributed by atoms with E-state index in [1.165, 1.54) is 11.8 Å². The predicted molar refractivity (Wildman–Crippen MR) is 81.4 cm³/mol. The molecule has 0 saturated carbocycles.